The molecule has 0 radical (unpaired) electrons. The molecule has 1 aromatic carbocycles. The lowest BCUT2D eigenvalue weighted by molar-refractivity contribution is 0.277. The van der Waals surface area contributed by atoms with E-state index in [-0.39, 0.29) is 0 Å². The van der Waals surface area contributed by atoms with Crippen LogP contribution in [0, 0.1) is 5.92 Å². The molecule has 0 bridgehead atoms. The first kappa shape index (κ1) is 15.6. The summed E-state index contributed by atoms with van der Waals surface area (Å²) >= 11 is 0. The van der Waals surface area contributed by atoms with Gasteiger partial charge in [0.05, 0.1) is 0 Å². The Labute approximate surface area is 125 Å². The summed E-state index contributed by atoms with van der Waals surface area (Å²) in [5.41, 5.74) is 2.86. The van der Waals surface area contributed by atoms with Crippen LogP contribution in [-0.2, 0) is 6.54 Å². The fourth-order valence-corrected chi connectivity index (χ4v) is 3.35. The van der Waals surface area contributed by atoms with Crippen molar-refractivity contribution in [3.05, 3.63) is 35.4 Å². The quantitative estimate of drug-likeness (QED) is 0.745. The Morgan fingerprint density at radius 2 is 1.70 bits per heavy atom. The van der Waals surface area contributed by atoms with Crippen LogP contribution in [0.2, 0.25) is 0 Å². The minimum absolute atomic E-state index is 0.630. The van der Waals surface area contributed by atoms with E-state index in [1.54, 1.807) is 0 Å². The Hall–Kier alpha value is -0.820. The van der Waals surface area contributed by atoms with E-state index in [9.17, 15) is 0 Å². The summed E-state index contributed by atoms with van der Waals surface area (Å²) in [5.74, 6) is 1.63. The predicted molar refractivity (Wildman–Crippen MR) is 88.0 cm³/mol. The van der Waals surface area contributed by atoms with Gasteiger partial charge in [-0.2, -0.15) is 0 Å². The molecular weight excluding hydrogens is 242 g/mol. The van der Waals surface area contributed by atoms with Crippen molar-refractivity contribution < 1.29 is 0 Å². The SMILES string of the molecule is CCCC1CCC(NCc2ccc(C(C)C)cc2)CC1. The Balaban J connectivity index is 1.73. The van der Waals surface area contributed by atoms with Crippen molar-refractivity contribution in [2.45, 2.75) is 77.8 Å². The van der Waals surface area contributed by atoms with E-state index in [4.69, 9.17) is 0 Å². The summed E-state index contributed by atoms with van der Waals surface area (Å²) in [6.45, 7) is 7.84. The van der Waals surface area contributed by atoms with E-state index in [2.05, 4.69) is 50.4 Å². The largest absolute Gasteiger partial charge is 0.310 e. The lowest BCUT2D eigenvalue weighted by atomic mass is 9.83. The molecule has 1 aliphatic rings. The van der Waals surface area contributed by atoms with Crippen LogP contribution in [0.4, 0.5) is 0 Å². The van der Waals surface area contributed by atoms with Crippen molar-refractivity contribution in [1.29, 1.82) is 0 Å². The summed E-state index contributed by atoms with van der Waals surface area (Å²) in [5, 5.41) is 3.75. The first-order valence-corrected chi connectivity index (χ1v) is 8.51. The Kier molecular flexibility index (Phi) is 6.09. The van der Waals surface area contributed by atoms with Crippen LogP contribution < -0.4 is 5.32 Å². The zero-order valence-electron chi connectivity index (χ0n) is 13.5. The van der Waals surface area contributed by atoms with Crippen molar-refractivity contribution in [2.75, 3.05) is 0 Å². The van der Waals surface area contributed by atoms with E-state index in [1.807, 2.05) is 0 Å². The molecule has 112 valence electrons. The molecule has 0 saturated heterocycles. The highest BCUT2D eigenvalue weighted by Crippen LogP contribution is 2.27. The second-order valence-electron chi connectivity index (χ2n) is 6.78. The van der Waals surface area contributed by atoms with Crippen LogP contribution >= 0.6 is 0 Å². The van der Waals surface area contributed by atoms with Gasteiger partial charge in [0.25, 0.3) is 0 Å². The highest BCUT2D eigenvalue weighted by molar-refractivity contribution is 5.24. The Bertz CT molecular complexity index is 371. The van der Waals surface area contributed by atoms with Crippen molar-refractivity contribution in [3.63, 3.8) is 0 Å². The lowest BCUT2D eigenvalue weighted by Gasteiger charge is -2.29. The average Bonchev–Trinajstić information content (AvgIpc) is 2.47. The molecule has 1 aromatic rings. The van der Waals surface area contributed by atoms with Gasteiger partial charge in [0.1, 0.15) is 0 Å². The van der Waals surface area contributed by atoms with Gasteiger partial charge in [-0.1, -0.05) is 57.9 Å². The van der Waals surface area contributed by atoms with Crippen molar-refractivity contribution >= 4 is 0 Å². The van der Waals surface area contributed by atoms with E-state index < -0.39 is 0 Å². The molecule has 0 aliphatic heterocycles. The molecule has 1 heteroatoms. The molecule has 1 fully saturated rings. The van der Waals surface area contributed by atoms with Gasteiger partial charge in [0.15, 0.2) is 0 Å². The third kappa shape index (κ3) is 4.63. The van der Waals surface area contributed by atoms with Gasteiger partial charge >= 0.3 is 0 Å². The molecule has 20 heavy (non-hydrogen) atoms. The molecule has 0 aromatic heterocycles. The maximum absolute atomic E-state index is 3.75. The summed E-state index contributed by atoms with van der Waals surface area (Å²) in [4.78, 5) is 0. The highest BCUT2D eigenvalue weighted by Gasteiger charge is 2.19. The third-order valence-electron chi connectivity index (χ3n) is 4.78. The molecule has 0 spiro atoms. The van der Waals surface area contributed by atoms with Gasteiger partial charge in [-0.15, -0.1) is 0 Å². The van der Waals surface area contributed by atoms with Crippen LogP contribution in [-0.4, -0.2) is 6.04 Å². The van der Waals surface area contributed by atoms with E-state index >= 15 is 0 Å². The molecule has 1 N–H and O–H groups in total. The first-order chi connectivity index (χ1) is 9.69. The number of hydrogen-bond acceptors (Lipinski definition) is 1. The second kappa shape index (κ2) is 7.83. The molecule has 0 unspecified atom stereocenters. The zero-order chi connectivity index (χ0) is 14.4. The zero-order valence-corrected chi connectivity index (χ0v) is 13.5. The normalized spacial score (nSPS) is 23.2. The van der Waals surface area contributed by atoms with Crippen LogP contribution in [0.1, 0.15) is 76.3 Å². The van der Waals surface area contributed by atoms with Crippen molar-refractivity contribution in [1.82, 2.24) is 5.32 Å². The van der Waals surface area contributed by atoms with E-state index in [0.29, 0.717) is 5.92 Å². The molecular formula is C19H31N. The van der Waals surface area contributed by atoms with Crippen LogP contribution in [0.3, 0.4) is 0 Å². The van der Waals surface area contributed by atoms with Gasteiger partial charge in [0, 0.05) is 12.6 Å². The lowest BCUT2D eigenvalue weighted by Crippen LogP contribution is -2.32. The van der Waals surface area contributed by atoms with Crippen LogP contribution in [0.5, 0.6) is 0 Å². The number of nitrogens with one attached hydrogen (secondary N) is 1. The maximum Gasteiger partial charge on any atom is 0.0208 e. The third-order valence-corrected chi connectivity index (χ3v) is 4.78. The van der Waals surface area contributed by atoms with Gasteiger partial charge in [-0.05, 0) is 48.6 Å². The van der Waals surface area contributed by atoms with Gasteiger partial charge in [0.2, 0.25) is 0 Å². The Morgan fingerprint density at radius 1 is 1.05 bits per heavy atom. The molecule has 0 atom stereocenters. The minimum Gasteiger partial charge on any atom is -0.310 e. The smallest absolute Gasteiger partial charge is 0.0208 e. The van der Waals surface area contributed by atoms with Crippen LogP contribution in [0.25, 0.3) is 0 Å². The fourth-order valence-electron chi connectivity index (χ4n) is 3.35. The molecule has 0 amide bonds. The van der Waals surface area contributed by atoms with E-state index in [1.165, 1.54) is 49.7 Å². The van der Waals surface area contributed by atoms with Gasteiger partial charge in [-0.3, -0.25) is 0 Å². The topological polar surface area (TPSA) is 12.0 Å². The Morgan fingerprint density at radius 3 is 2.25 bits per heavy atom. The van der Waals surface area contributed by atoms with E-state index in [0.717, 1.165) is 18.5 Å². The molecule has 1 nitrogen and oxygen atoms in total. The average molecular weight is 273 g/mol. The number of rotatable bonds is 6. The van der Waals surface area contributed by atoms with Crippen molar-refractivity contribution in [3.8, 4) is 0 Å². The van der Waals surface area contributed by atoms with Crippen molar-refractivity contribution in [2.24, 2.45) is 5.92 Å². The number of hydrogen-bond donors (Lipinski definition) is 1. The van der Waals surface area contributed by atoms with Gasteiger partial charge < -0.3 is 5.32 Å². The second-order valence-corrected chi connectivity index (χ2v) is 6.78. The molecule has 2 rings (SSSR count). The standard InChI is InChI=1S/C19H31N/c1-4-5-16-8-12-19(13-9-16)20-14-17-6-10-18(11-7-17)15(2)3/h6-7,10-11,15-16,19-20H,4-5,8-9,12-14H2,1-3H3. The monoisotopic (exact) mass is 273 g/mol. The fraction of sp³-hybridized carbons (Fsp3) is 0.684. The first-order valence-electron chi connectivity index (χ1n) is 8.51. The summed E-state index contributed by atoms with van der Waals surface area (Å²) in [6.07, 6.45) is 8.38. The summed E-state index contributed by atoms with van der Waals surface area (Å²) in [7, 11) is 0. The summed E-state index contributed by atoms with van der Waals surface area (Å²) in [6, 6.07) is 9.86. The summed E-state index contributed by atoms with van der Waals surface area (Å²) < 4.78 is 0. The molecule has 0 heterocycles. The number of benzene rings is 1. The molecule has 1 saturated carbocycles. The van der Waals surface area contributed by atoms with Crippen LogP contribution in [0.15, 0.2) is 24.3 Å². The minimum atomic E-state index is 0.630. The predicted octanol–water partition coefficient (Wildman–Crippen LogP) is 5.26. The van der Waals surface area contributed by atoms with Gasteiger partial charge in [-0.25, -0.2) is 0 Å². The highest BCUT2D eigenvalue weighted by atomic mass is 14.9. The maximum atomic E-state index is 3.75. The molecule has 1 aliphatic carbocycles.